The van der Waals surface area contributed by atoms with Crippen molar-refractivity contribution in [2.75, 3.05) is 13.2 Å². The third-order valence-corrected chi connectivity index (χ3v) is 3.37. The highest BCUT2D eigenvalue weighted by molar-refractivity contribution is 9.10. The molecule has 0 aliphatic carbocycles. The number of ether oxygens (including phenoxy) is 1. The standard InChI is InChI=1S/C6H7BrClNOS/c7-4-3-5(10-2-1-9)11-6(4)8/h3H,1-2,9H2. The molecule has 62 valence electrons. The Morgan fingerprint density at radius 2 is 2.45 bits per heavy atom. The summed E-state index contributed by atoms with van der Waals surface area (Å²) in [5.41, 5.74) is 5.26. The van der Waals surface area contributed by atoms with E-state index in [-0.39, 0.29) is 0 Å². The van der Waals surface area contributed by atoms with E-state index in [1.807, 2.05) is 6.07 Å². The number of hydrogen-bond acceptors (Lipinski definition) is 3. The van der Waals surface area contributed by atoms with Crippen LogP contribution in [-0.2, 0) is 0 Å². The van der Waals surface area contributed by atoms with E-state index in [0.29, 0.717) is 17.5 Å². The lowest BCUT2D eigenvalue weighted by Crippen LogP contribution is -2.09. The Balaban J connectivity index is 2.58. The average molecular weight is 257 g/mol. The van der Waals surface area contributed by atoms with Crippen LogP contribution in [0.15, 0.2) is 10.5 Å². The van der Waals surface area contributed by atoms with Crippen molar-refractivity contribution in [3.63, 3.8) is 0 Å². The number of thiophene rings is 1. The molecule has 0 saturated carbocycles. The van der Waals surface area contributed by atoms with E-state index in [1.54, 1.807) is 0 Å². The van der Waals surface area contributed by atoms with Gasteiger partial charge in [0.2, 0.25) is 0 Å². The Bertz CT molecular complexity index is 221. The predicted octanol–water partition coefficient (Wildman–Crippen LogP) is 2.50. The second kappa shape index (κ2) is 4.30. The van der Waals surface area contributed by atoms with E-state index in [2.05, 4.69) is 15.9 Å². The molecule has 2 nitrogen and oxygen atoms in total. The minimum Gasteiger partial charge on any atom is -0.483 e. The summed E-state index contributed by atoms with van der Waals surface area (Å²) in [4.78, 5) is 0. The highest BCUT2D eigenvalue weighted by atomic mass is 79.9. The Morgan fingerprint density at radius 3 is 2.91 bits per heavy atom. The van der Waals surface area contributed by atoms with Gasteiger partial charge in [0.15, 0.2) is 5.06 Å². The highest BCUT2D eigenvalue weighted by Gasteiger charge is 2.03. The first kappa shape index (κ1) is 9.32. The Kier molecular flexibility index (Phi) is 3.65. The molecule has 0 bridgehead atoms. The van der Waals surface area contributed by atoms with Gasteiger partial charge in [0.1, 0.15) is 10.9 Å². The summed E-state index contributed by atoms with van der Waals surface area (Å²) < 4.78 is 6.81. The maximum absolute atomic E-state index is 5.77. The average Bonchev–Trinajstić information content (AvgIpc) is 2.28. The predicted molar refractivity (Wildman–Crippen MR) is 51.6 cm³/mol. The Morgan fingerprint density at radius 1 is 1.73 bits per heavy atom. The van der Waals surface area contributed by atoms with Crippen molar-refractivity contribution >= 4 is 38.9 Å². The third kappa shape index (κ3) is 2.63. The maximum Gasteiger partial charge on any atom is 0.176 e. The zero-order chi connectivity index (χ0) is 8.27. The van der Waals surface area contributed by atoms with Crippen molar-refractivity contribution in [1.82, 2.24) is 0 Å². The molecular formula is C6H7BrClNOS. The lowest BCUT2D eigenvalue weighted by Gasteiger charge is -1.97. The van der Waals surface area contributed by atoms with Crippen molar-refractivity contribution in [2.24, 2.45) is 5.73 Å². The summed E-state index contributed by atoms with van der Waals surface area (Å²) in [6.07, 6.45) is 0. The van der Waals surface area contributed by atoms with E-state index in [9.17, 15) is 0 Å². The van der Waals surface area contributed by atoms with Gasteiger partial charge in [-0.05, 0) is 15.9 Å². The molecule has 5 heteroatoms. The first-order valence-electron chi connectivity index (χ1n) is 3.01. The molecule has 0 aromatic carbocycles. The molecule has 2 N–H and O–H groups in total. The Hall–Kier alpha value is 0.230. The summed E-state index contributed by atoms with van der Waals surface area (Å²) >= 11 is 10.4. The summed E-state index contributed by atoms with van der Waals surface area (Å²) in [5.74, 6) is 0. The number of halogens is 2. The fourth-order valence-electron chi connectivity index (χ4n) is 0.557. The van der Waals surface area contributed by atoms with Gasteiger partial charge in [-0.3, -0.25) is 0 Å². The molecule has 0 spiro atoms. The number of hydrogen-bond donors (Lipinski definition) is 1. The van der Waals surface area contributed by atoms with Gasteiger partial charge in [-0.1, -0.05) is 22.9 Å². The normalized spacial score (nSPS) is 10.1. The fraction of sp³-hybridized carbons (Fsp3) is 0.333. The minimum absolute atomic E-state index is 0.521. The topological polar surface area (TPSA) is 35.2 Å². The SMILES string of the molecule is NCCOc1cc(Br)c(Cl)s1. The fourth-order valence-corrected chi connectivity index (χ4v) is 2.09. The number of nitrogens with two attached hydrogens (primary N) is 1. The molecule has 0 unspecified atom stereocenters. The smallest absolute Gasteiger partial charge is 0.176 e. The third-order valence-electron chi connectivity index (χ3n) is 0.985. The first-order chi connectivity index (χ1) is 5.24. The van der Waals surface area contributed by atoms with Gasteiger partial charge in [-0.25, -0.2) is 0 Å². The molecule has 0 amide bonds. The molecule has 0 atom stereocenters. The van der Waals surface area contributed by atoms with Gasteiger partial charge in [-0.2, -0.15) is 0 Å². The Labute approximate surface area is 82.4 Å². The van der Waals surface area contributed by atoms with Gasteiger partial charge in [-0.15, -0.1) is 0 Å². The first-order valence-corrected chi connectivity index (χ1v) is 5.00. The van der Waals surface area contributed by atoms with E-state index in [0.717, 1.165) is 9.54 Å². The van der Waals surface area contributed by atoms with Crippen molar-refractivity contribution < 1.29 is 4.74 Å². The molecule has 0 radical (unpaired) electrons. The zero-order valence-corrected chi connectivity index (χ0v) is 8.80. The van der Waals surface area contributed by atoms with Gasteiger partial charge < -0.3 is 10.5 Å². The van der Waals surface area contributed by atoms with Gasteiger partial charge in [0, 0.05) is 12.6 Å². The second-order valence-electron chi connectivity index (χ2n) is 1.82. The van der Waals surface area contributed by atoms with Crippen LogP contribution < -0.4 is 10.5 Å². The zero-order valence-electron chi connectivity index (χ0n) is 5.64. The van der Waals surface area contributed by atoms with Crippen LogP contribution in [0.1, 0.15) is 0 Å². The number of rotatable bonds is 3. The quantitative estimate of drug-likeness (QED) is 0.902. The van der Waals surface area contributed by atoms with Crippen LogP contribution in [0.3, 0.4) is 0 Å². The highest BCUT2D eigenvalue weighted by Crippen LogP contribution is 2.36. The molecule has 0 saturated heterocycles. The molecule has 1 heterocycles. The molecular weight excluding hydrogens is 249 g/mol. The second-order valence-corrected chi connectivity index (χ2v) is 4.30. The van der Waals surface area contributed by atoms with Crippen LogP contribution in [-0.4, -0.2) is 13.2 Å². The van der Waals surface area contributed by atoms with Crippen molar-refractivity contribution in [1.29, 1.82) is 0 Å². The lowest BCUT2D eigenvalue weighted by molar-refractivity contribution is 0.338. The lowest BCUT2D eigenvalue weighted by atomic mass is 10.6. The summed E-state index contributed by atoms with van der Waals surface area (Å²) in [7, 11) is 0. The molecule has 1 aromatic heterocycles. The van der Waals surface area contributed by atoms with Gasteiger partial charge in [0.05, 0.1) is 4.47 Å². The van der Waals surface area contributed by atoms with E-state index >= 15 is 0 Å². The molecule has 1 aromatic rings. The molecule has 1 rings (SSSR count). The monoisotopic (exact) mass is 255 g/mol. The summed E-state index contributed by atoms with van der Waals surface area (Å²) in [5, 5.41) is 0.798. The van der Waals surface area contributed by atoms with Gasteiger partial charge in [0.25, 0.3) is 0 Å². The molecule has 0 aliphatic heterocycles. The van der Waals surface area contributed by atoms with Crippen LogP contribution in [0.5, 0.6) is 5.06 Å². The minimum atomic E-state index is 0.521. The van der Waals surface area contributed by atoms with Crippen LogP contribution in [0.25, 0.3) is 0 Å². The summed E-state index contributed by atoms with van der Waals surface area (Å²) in [6.45, 7) is 1.05. The van der Waals surface area contributed by atoms with E-state index < -0.39 is 0 Å². The van der Waals surface area contributed by atoms with Crippen molar-refractivity contribution in [3.8, 4) is 5.06 Å². The largest absolute Gasteiger partial charge is 0.483 e. The molecule has 0 fully saturated rings. The van der Waals surface area contributed by atoms with Crippen molar-refractivity contribution in [3.05, 3.63) is 14.9 Å². The van der Waals surface area contributed by atoms with E-state index in [4.69, 9.17) is 22.1 Å². The maximum atomic E-state index is 5.77. The molecule has 11 heavy (non-hydrogen) atoms. The van der Waals surface area contributed by atoms with Crippen molar-refractivity contribution in [2.45, 2.75) is 0 Å². The van der Waals surface area contributed by atoms with Crippen LogP contribution in [0.2, 0.25) is 4.34 Å². The van der Waals surface area contributed by atoms with Crippen LogP contribution in [0.4, 0.5) is 0 Å². The van der Waals surface area contributed by atoms with Crippen LogP contribution in [0, 0.1) is 0 Å². The van der Waals surface area contributed by atoms with Gasteiger partial charge >= 0.3 is 0 Å². The summed E-state index contributed by atoms with van der Waals surface area (Å²) in [6, 6.07) is 1.84. The van der Waals surface area contributed by atoms with E-state index in [1.165, 1.54) is 11.3 Å². The molecule has 0 aliphatic rings. The van der Waals surface area contributed by atoms with Crippen LogP contribution >= 0.6 is 38.9 Å².